The molecule has 0 aromatic carbocycles. The fourth-order valence-corrected chi connectivity index (χ4v) is 4.38. The smallest absolute Gasteiger partial charge is 0.336 e. The summed E-state index contributed by atoms with van der Waals surface area (Å²) in [5.41, 5.74) is 1.32. The van der Waals surface area contributed by atoms with Gasteiger partial charge in [0.1, 0.15) is 5.82 Å². The molecule has 0 saturated heterocycles. The first-order valence-corrected chi connectivity index (χ1v) is 9.79. The summed E-state index contributed by atoms with van der Waals surface area (Å²) in [5, 5.41) is 5.62. The van der Waals surface area contributed by atoms with Gasteiger partial charge in [0.05, 0.1) is 24.2 Å². The van der Waals surface area contributed by atoms with Gasteiger partial charge in [0.25, 0.3) is 5.56 Å². The summed E-state index contributed by atoms with van der Waals surface area (Å²) in [6, 6.07) is 3.82. The highest BCUT2D eigenvalue weighted by atomic mass is 32.2. The Kier molecular flexibility index (Phi) is 5.29. The van der Waals surface area contributed by atoms with Crippen LogP contribution in [-0.4, -0.2) is 28.8 Å². The number of hydrogen-bond acceptors (Lipinski definition) is 7. The van der Waals surface area contributed by atoms with Crippen molar-refractivity contribution in [2.75, 3.05) is 18.2 Å². The second kappa shape index (κ2) is 7.45. The molecule has 1 aliphatic heterocycles. The molecule has 0 radical (unpaired) electrons. The summed E-state index contributed by atoms with van der Waals surface area (Å²) in [5.74, 6) is 0.451. The molecule has 2 aromatic heterocycles. The number of esters is 1. The Morgan fingerprint density at radius 3 is 2.92 bits per heavy atom. The molecule has 0 bridgehead atoms. The van der Waals surface area contributed by atoms with Crippen molar-refractivity contribution < 1.29 is 9.53 Å². The minimum Gasteiger partial charge on any atom is -0.466 e. The van der Waals surface area contributed by atoms with Crippen LogP contribution in [0.4, 0.5) is 5.82 Å². The Bertz CT molecular complexity index is 872. The van der Waals surface area contributed by atoms with Crippen LogP contribution in [0.3, 0.4) is 0 Å². The maximum atomic E-state index is 12.8. The van der Waals surface area contributed by atoms with Crippen molar-refractivity contribution in [2.45, 2.75) is 31.3 Å². The standard InChI is InChI=1S/C17H19N3O3S2/c1-4-7-25-17-19-14-13(15(21)20-17)12(10-6-5-8-24-10)11(9(2)18-14)16(22)23-3/h5-6,8,12H,4,7H2,1-3H3,(H2,18,19,20,21)/t12-/m1/s1. The quantitative estimate of drug-likeness (QED) is 0.472. The van der Waals surface area contributed by atoms with Gasteiger partial charge in [-0.05, 0) is 24.8 Å². The van der Waals surface area contributed by atoms with Crippen molar-refractivity contribution in [2.24, 2.45) is 0 Å². The number of ether oxygens (including phenoxy) is 1. The largest absolute Gasteiger partial charge is 0.466 e. The monoisotopic (exact) mass is 377 g/mol. The fraction of sp³-hybridized carbons (Fsp3) is 0.353. The van der Waals surface area contributed by atoms with Crippen LogP contribution in [-0.2, 0) is 9.53 Å². The fourth-order valence-electron chi connectivity index (χ4n) is 2.82. The zero-order chi connectivity index (χ0) is 18.0. The van der Waals surface area contributed by atoms with E-state index in [2.05, 4.69) is 22.2 Å². The molecule has 6 nitrogen and oxygen atoms in total. The minimum atomic E-state index is -0.481. The molecule has 0 spiro atoms. The SMILES string of the molecule is CCCSc1nc2c(c(=O)[nH]1)[C@H](c1cccs1)C(C(=O)OC)=C(C)N2. The number of nitrogens with zero attached hydrogens (tertiary/aromatic N) is 1. The molecule has 0 aliphatic carbocycles. The van der Waals surface area contributed by atoms with Crippen LogP contribution in [0, 0.1) is 0 Å². The Balaban J connectivity index is 2.17. The summed E-state index contributed by atoms with van der Waals surface area (Å²) >= 11 is 3.01. The summed E-state index contributed by atoms with van der Waals surface area (Å²) in [4.78, 5) is 33.5. The number of nitrogens with one attached hydrogen (secondary N) is 2. The molecule has 3 rings (SSSR count). The second-order valence-corrected chi connectivity index (χ2v) is 7.65. The molecule has 8 heteroatoms. The van der Waals surface area contributed by atoms with Crippen molar-refractivity contribution in [3.05, 3.63) is 49.6 Å². The number of hydrogen-bond donors (Lipinski definition) is 2. The molecule has 0 fully saturated rings. The molecule has 1 aliphatic rings. The number of carbonyl (C=O) groups is 1. The minimum absolute atomic E-state index is 0.233. The number of aromatic nitrogens is 2. The first-order valence-electron chi connectivity index (χ1n) is 7.93. The number of anilines is 1. The molecule has 0 saturated carbocycles. The normalized spacial score (nSPS) is 16.4. The molecule has 0 unspecified atom stereocenters. The molecular formula is C17H19N3O3S2. The molecule has 3 heterocycles. The Morgan fingerprint density at radius 2 is 2.28 bits per heavy atom. The average molecular weight is 377 g/mol. The van der Waals surface area contributed by atoms with Crippen LogP contribution >= 0.6 is 23.1 Å². The van der Waals surface area contributed by atoms with E-state index in [0.717, 1.165) is 17.1 Å². The second-order valence-electron chi connectivity index (χ2n) is 5.59. The van der Waals surface area contributed by atoms with E-state index in [4.69, 9.17) is 4.74 Å². The van der Waals surface area contributed by atoms with Crippen molar-refractivity contribution >= 4 is 34.9 Å². The number of rotatable bonds is 5. The lowest BCUT2D eigenvalue weighted by molar-refractivity contribution is -0.136. The summed E-state index contributed by atoms with van der Waals surface area (Å²) < 4.78 is 4.95. The van der Waals surface area contributed by atoms with Gasteiger partial charge in [-0.15, -0.1) is 11.3 Å². The van der Waals surface area contributed by atoms with Crippen molar-refractivity contribution in [1.29, 1.82) is 0 Å². The van der Waals surface area contributed by atoms with Crippen LogP contribution < -0.4 is 10.9 Å². The van der Waals surface area contributed by atoms with Gasteiger partial charge in [0.2, 0.25) is 0 Å². The summed E-state index contributed by atoms with van der Waals surface area (Å²) in [6.07, 6.45) is 0.988. The van der Waals surface area contributed by atoms with Crippen molar-refractivity contribution in [3.63, 3.8) is 0 Å². The van der Waals surface area contributed by atoms with Crippen LogP contribution in [0.2, 0.25) is 0 Å². The predicted molar refractivity (Wildman–Crippen MR) is 100 cm³/mol. The highest BCUT2D eigenvalue weighted by molar-refractivity contribution is 7.99. The van der Waals surface area contributed by atoms with Gasteiger partial charge in [-0.2, -0.15) is 0 Å². The van der Waals surface area contributed by atoms with E-state index in [1.54, 1.807) is 6.92 Å². The highest BCUT2D eigenvalue weighted by Gasteiger charge is 2.36. The highest BCUT2D eigenvalue weighted by Crippen LogP contribution is 2.41. The zero-order valence-electron chi connectivity index (χ0n) is 14.2. The molecule has 1 atom stereocenters. The van der Waals surface area contributed by atoms with E-state index >= 15 is 0 Å². The Morgan fingerprint density at radius 1 is 1.48 bits per heavy atom. The van der Waals surface area contributed by atoms with E-state index in [0.29, 0.717) is 27.8 Å². The van der Waals surface area contributed by atoms with E-state index in [1.165, 1.54) is 30.2 Å². The van der Waals surface area contributed by atoms with Crippen molar-refractivity contribution in [3.8, 4) is 0 Å². The number of carbonyl (C=O) groups excluding carboxylic acids is 1. The third-order valence-electron chi connectivity index (χ3n) is 3.90. The zero-order valence-corrected chi connectivity index (χ0v) is 15.8. The van der Waals surface area contributed by atoms with E-state index in [9.17, 15) is 9.59 Å². The number of allylic oxidation sites excluding steroid dienone is 1. The molecule has 132 valence electrons. The van der Waals surface area contributed by atoms with E-state index < -0.39 is 11.9 Å². The maximum absolute atomic E-state index is 12.8. The number of methoxy groups -OCH3 is 1. The van der Waals surface area contributed by atoms with Crippen molar-refractivity contribution in [1.82, 2.24) is 9.97 Å². The topological polar surface area (TPSA) is 84.1 Å². The van der Waals surface area contributed by atoms with Gasteiger partial charge in [0.15, 0.2) is 5.16 Å². The molecule has 2 aromatic rings. The molecule has 0 amide bonds. The lowest BCUT2D eigenvalue weighted by Crippen LogP contribution is -2.30. The van der Waals surface area contributed by atoms with Crippen LogP contribution in [0.15, 0.2) is 38.7 Å². The van der Waals surface area contributed by atoms with Gasteiger partial charge >= 0.3 is 5.97 Å². The van der Waals surface area contributed by atoms with Gasteiger partial charge < -0.3 is 15.0 Å². The molecular weight excluding hydrogens is 358 g/mol. The maximum Gasteiger partial charge on any atom is 0.336 e. The summed E-state index contributed by atoms with van der Waals surface area (Å²) in [6.45, 7) is 3.88. The van der Waals surface area contributed by atoms with Crippen LogP contribution in [0.1, 0.15) is 36.6 Å². The molecule has 25 heavy (non-hydrogen) atoms. The lowest BCUT2D eigenvalue weighted by Gasteiger charge is -2.27. The van der Waals surface area contributed by atoms with Gasteiger partial charge in [0, 0.05) is 16.3 Å². The first-order chi connectivity index (χ1) is 12.1. The predicted octanol–water partition coefficient (Wildman–Crippen LogP) is 3.34. The average Bonchev–Trinajstić information content (AvgIpc) is 3.12. The Hall–Kier alpha value is -2.06. The number of fused-ring (bicyclic) bond motifs is 1. The number of thioether (sulfide) groups is 1. The lowest BCUT2D eigenvalue weighted by atomic mass is 9.86. The van der Waals surface area contributed by atoms with Gasteiger partial charge in [-0.25, -0.2) is 9.78 Å². The van der Waals surface area contributed by atoms with E-state index in [1.807, 2.05) is 17.5 Å². The first kappa shape index (κ1) is 17.8. The third-order valence-corrected chi connectivity index (χ3v) is 5.91. The number of aromatic amines is 1. The number of thiophene rings is 1. The van der Waals surface area contributed by atoms with Crippen LogP contribution in [0.25, 0.3) is 0 Å². The van der Waals surface area contributed by atoms with E-state index in [-0.39, 0.29) is 5.56 Å². The Labute approximate surface area is 153 Å². The van der Waals surface area contributed by atoms with Gasteiger partial charge in [-0.1, -0.05) is 24.8 Å². The van der Waals surface area contributed by atoms with Crippen LogP contribution in [0.5, 0.6) is 0 Å². The molecule has 2 N–H and O–H groups in total. The number of H-pyrrole nitrogens is 1. The third kappa shape index (κ3) is 3.36. The van der Waals surface area contributed by atoms with Gasteiger partial charge in [-0.3, -0.25) is 4.79 Å². The summed E-state index contributed by atoms with van der Waals surface area (Å²) in [7, 11) is 1.34.